The molecule has 2 bridgehead atoms. The lowest BCUT2D eigenvalue weighted by molar-refractivity contribution is -0.135. The molecule has 4 N–H and O–H groups in total. The summed E-state index contributed by atoms with van der Waals surface area (Å²) < 4.78 is 39.8. The van der Waals surface area contributed by atoms with Crippen LogP contribution in [-0.2, 0) is 19.1 Å². The fourth-order valence-corrected chi connectivity index (χ4v) is 9.17. The van der Waals surface area contributed by atoms with Gasteiger partial charge in [-0.05, 0) is 47.8 Å². The van der Waals surface area contributed by atoms with Gasteiger partial charge in [0, 0.05) is 42.0 Å². The molecular formula is C43H51F2N7O6. The molecule has 3 amide bonds. The summed E-state index contributed by atoms with van der Waals surface area (Å²) in [6.45, 7) is 7.92. The molecule has 1 saturated heterocycles. The first-order valence-electron chi connectivity index (χ1n) is 19.9. The molecule has 308 valence electrons. The van der Waals surface area contributed by atoms with Crippen LogP contribution in [0.3, 0.4) is 0 Å². The average Bonchev–Trinajstić information content (AvgIpc) is 4.08. The van der Waals surface area contributed by atoms with Crippen molar-refractivity contribution >= 4 is 23.9 Å². The number of ether oxygens (including phenoxy) is 2. The van der Waals surface area contributed by atoms with Crippen molar-refractivity contribution in [3.8, 4) is 33.6 Å². The number of carbonyl (C=O) groups excluding carboxylic acids is 4. The maximum Gasteiger partial charge on any atom is 0.407 e. The Balaban J connectivity index is 1.04. The summed E-state index contributed by atoms with van der Waals surface area (Å²) in [6, 6.07) is 14.0. The molecule has 2 aromatic carbocycles. The largest absolute Gasteiger partial charge is 0.453 e. The van der Waals surface area contributed by atoms with E-state index in [9.17, 15) is 19.2 Å². The minimum atomic E-state index is -1.75. The Morgan fingerprint density at radius 2 is 1.36 bits per heavy atom. The van der Waals surface area contributed by atoms with Crippen molar-refractivity contribution in [2.45, 2.75) is 83.3 Å². The van der Waals surface area contributed by atoms with Crippen LogP contribution >= 0.6 is 0 Å². The highest BCUT2D eigenvalue weighted by atomic mass is 19.2. The predicted molar refractivity (Wildman–Crippen MR) is 212 cm³/mol. The lowest BCUT2D eigenvalue weighted by Crippen LogP contribution is -2.51. The van der Waals surface area contributed by atoms with Crippen molar-refractivity contribution < 1.29 is 37.4 Å². The summed E-state index contributed by atoms with van der Waals surface area (Å²) >= 11 is 0. The van der Waals surface area contributed by atoms with Gasteiger partial charge in [-0.15, -0.1) is 0 Å². The number of nitrogens with zero attached hydrogens (tertiary/aromatic N) is 3. The molecule has 3 heterocycles. The summed E-state index contributed by atoms with van der Waals surface area (Å²) in [7, 11) is 2.49. The van der Waals surface area contributed by atoms with Gasteiger partial charge in [0.25, 0.3) is 0 Å². The number of aromatic amines is 2. The minimum Gasteiger partial charge on any atom is -0.453 e. The van der Waals surface area contributed by atoms with E-state index in [1.54, 1.807) is 31.1 Å². The number of amides is 3. The van der Waals surface area contributed by atoms with Crippen LogP contribution in [0.5, 0.6) is 0 Å². The van der Waals surface area contributed by atoms with Gasteiger partial charge in [0.1, 0.15) is 30.0 Å². The molecule has 15 heteroatoms. The number of halogens is 2. The maximum atomic E-state index is 15.2. The number of imidazole rings is 2. The smallest absolute Gasteiger partial charge is 0.407 e. The van der Waals surface area contributed by atoms with E-state index in [0.29, 0.717) is 23.9 Å². The lowest BCUT2D eigenvalue weighted by Gasteiger charge is -2.35. The second-order valence-corrected chi connectivity index (χ2v) is 16.3. The standard InChI is InChI=1S/C43H51F2N7O6/c1-21(2)36(50-42(55)57-5)38(53)32-27-18-28(35(45)34(27)44)33(32)40-47-20-30(49-40)26-15-11-24(12-16-26)23-9-13-25(14-10-23)29-19-46-39(48-29)31-8-7-17-52(31)41(54)37(22(3)4)51-43(56)58-6/h9-16,19-22,27-28,31-37H,7-8,17-18H2,1-6H3,(H,46,48)(H,47,49)(H,50,55)(H,51,56)/t27?,28?,31-,32?,33?,34-,35+,36?,37-/m0/s1. The quantitative estimate of drug-likeness (QED) is 0.117. The zero-order chi connectivity index (χ0) is 41.4. The van der Waals surface area contributed by atoms with Gasteiger partial charge in [0.05, 0.1) is 43.9 Å². The van der Waals surface area contributed by atoms with Gasteiger partial charge >= 0.3 is 12.2 Å². The number of hydrogen-bond donors (Lipinski definition) is 4. The first-order valence-corrected chi connectivity index (χ1v) is 19.9. The Hall–Kier alpha value is -5.60. The highest BCUT2D eigenvalue weighted by Gasteiger charge is 2.63. The number of Topliss-reactive ketones (excluding diaryl/α,β-unsaturated/α-hetero) is 1. The second-order valence-electron chi connectivity index (χ2n) is 16.3. The zero-order valence-corrected chi connectivity index (χ0v) is 33.5. The van der Waals surface area contributed by atoms with Crippen LogP contribution in [0.25, 0.3) is 33.6 Å². The number of methoxy groups -OCH3 is 2. The normalized spacial score (nSPS) is 24.9. The van der Waals surface area contributed by atoms with Crippen LogP contribution in [0.1, 0.15) is 70.6 Å². The Morgan fingerprint density at radius 3 is 1.97 bits per heavy atom. The van der Waals surface area contributed by atoms with Crippen LogP contribution < -0.4 is 10.6 Å². The Kier molecular flexibility index (Phi) is 11.7. The molecule has 2 aromatic heterocycles. The Morgan fingerprint density at radius 1 is 0.793 bits per heavy atom. The fraction of sp³-hybridized carbons (Fsp3) is 0.488. The third kappa shape index (κ3) is 7.70. The number of H-pyrrole nitrogens is 2. The first-order chi connectivity index (χ1) is 27.8. The van der Waals surface area contributed by atoms with Gasteiger partial charge < -0.3 is 35.0 Å². The summed E-state index contributed by atoms with van der Waals surface area (Å²) in [5, 5.41) is 5.28. The number of likely N-dealkylation sites (tertiary alicyclic amines) is 1. The zero-order valence-electron chi connectivity index (χ0n) is 33.5. The van der Waals surface area contributed by atoms with Gasteiger partial charge in [-0.3, -0.25) is 9.59 Å². The van der Waals surface area contributed by atoms with Gasteiger partial charge in [-0.25, -0.2) is 28.3 Å². The van der Waals surface area contributed by atoms with E-state index in [-0.39, 0.29) is 36.0 Å². The molecule has 4 aromatic rings. The van der Waals surface area contributed by atoms with Crippen LogP contribution in [0, 0.1) is 29.6 Å². The van der Waals surface area contributed by atoms with E-state index in [1.165, 1.54) is 14.2 Å². The topological polar surface area (TPSA) is 171 Å². The number of nitrogens with one attached hydrogen (secondary N) is 4. The molecule has 5 unspecified atom stereocenters. The molecule has 7 rings (SSSR count). The van der Waals surface area contributed by atoms with E-state index in [4.69, 9.17) is 14.5 Å². The Bertz CT molecular complexity index is 2120. The molecular weight excluding hydrogens is 749 g/mol. The highest BCUT2D eigenvalue weighted by Crippen LogP contribution is 2.59. The van der Waals surface area contributed by atoms with Crippen molar-refractivity contribution in [1.29, 1.82) is 0 Å². The second kappa shape index (κ2) is 16.7. The average molecular weight is 800 g/mol. The highest BCUT2D eigenvalue weighted by molar-refractivity contribution is 5.91. The molecule has 3 aliphatic rings. The van der Waals surface area contributed by atoms with Crippen LogP contribution in [0.2, 0.25) is 0 Å². The lowest BCUT2D eigenvalue weighted by atomic mass is 9.72. The van der Waals surface area contributed by atoms with Crippen molar-refractivity contribution in [3.05, 3.63) is 72.6 Å². The summed E-state index contributed by atoms with van der Waals surface area (Å²) in [5.74, 6) is -2.83. The number of alkyl carbamates (subject to hydrolysis) is 2. The van der Waals surface area contributed by atoms with Gasteiger partial charge in [-0.1, -0.05) is 76.2 Å². The maximum absolute atomic E-state index is 15.2. The minimum absolute atomic E-state index is 0.126. The predicted octanol–water partition coefficient (Wildman–Crippen LogP) is 7.15. The summed E-state index contributed by atoms with van der Waals surface area (Å²) in [6.07, 6.45) is 0.448. The summed E-state index contributed by atoms with van der Waals surface area (Å²) in [4.78, 5) is 69.4. The molecule has 0 spiro atoms. The van der Waals surface area contributed by atoms with Crippen molar-refractivity contribution in [2.24, 2.45) is 29.6 Å². The fourth-order valence-electron chi connectivity index (χ4n) is 9.17. The number of alkyl halides is 2. The van der Waals surface area contributed by atoms with Crippen molar-refractivity contribution in [1.82, 2.24) is 35.5 Å². The van der Waals surface area contributed by atoms with Crippen molar-refractivity contribution in [3.63, 3.8) is 0 Å². The summed E-state index contributed by atoms with van der Waals surface area (Å²) in [5.41, 5.74) is 5.14. The first kappa shape index (κ1) is 40.6. The Labute approximate surface area is 336 Å². The molecule has 2 aliphatic carbocycles. The molecule has 3 fully saturated rings. The number of hydrogen-bond acceptors (Lipinski definition) is 8. The number of benzene rings is 2. The van der Waals surface area contributed by atoms with Crippen LogP contribution in [0.15, 0.2) is 60.9 Å². The van der Waals surface area contributed by atoms with Crippen LogP contribution in [-0.4, -0.2) is 93.9 Å². The number of rotatable bonds is 12. The number of carbonyl (C=O) groups is 4. The van der Waals surface area contributed by atoms with Crippen molar-refractivity contribution in [2.75, 3.05) is 20.8 Å². The molecule has 58 heavy (non-hydrogen) atoms. The van der Waals surface area contributed by atoms with E-state index in [0.717, 1.165) is 40.8 Å². The molecule has 9 atom stereocenters. The number of ketones is 1. The van der Waals surface area contributed by atoms with E-state index in [2.05, 4.69) is 25.6 Å². The number of aromatic nitrogens is 4. The number of fused-ring (bicyclic) bond motifs is 2. The monoisotopic (exact) mass is 799 g/mol. The third-order valence-electron chi connectivity index (χ3n) is 12.2. The molecule has 13 nitrogen and oxygen atoms in total. The van der Waals surface area contributed by atoms with E-state index in [1.807, 2.05) is 62.4 Å². The van der Waals surface area contributed by atoms with Gasteiger partial charge in [0.15, 0.2) is 5.78 Å². The molecule has 2 saturated carbocycles. The van der Waals surface area contributed by atoms with Gasteiger partial charge in [0.2, 0.25) is 5.91 Å². The van der Waals surface area contributed by atoms with Gasteiger partial charge in [-0.2, -0.15) is 0 Å². The third-order valence-corrected chi connectivity index (χ3v) is 12.2. The molecule has 1 aliphatic heterocycles. The van der Waals surface area contributed by atoms with E-state index >= 15 is 8.78 Å². The van der Waals surface area contributed by atoms with E-state index < -0.39 is 60.3 Å². The SMILES string of the molecule is COC(=O)NC(C(=O)C1C(c2nc(-c3ccc(-c4ccc(-c5cnc([C@@H]6CCCN6C(=O)[C@@H](NC(=O)OC)C(C)C)[nH]5)cc4)cc3)c[nH]2)C2CC1[C@H](F)[C@@H]2F)C(C)C. The van der Waals surface area contributed by atoms with Crippen LogP contribution in [0.4, 0.5) is 18.4 Å². The molecule has 0 radical (unpaired) electrons.